The van der Waals surface area contributed by atoms with Crippen molar-refractivity contribution in [1.82, 2.24) is 0 Å². The molecule has 42 heavy (non-hydrogen) atoms. The van der Waals surface area contributed by atoms with E-state index in [0.717, 1.165) is 0 Å². The first-order valence-electron chi connectivity index (χ1n) is 14.5. The highest BCUT2D eigenvalue weighted by molar-refractivity contribution is 8.01. The molecule has 0 spiro atoms. The molecule has 0 saturated carbocycles. The molecule has 224 valence electrons. The molecule has 0 saturated heterocycles. The Morgan fingerprint density at radius 3 is 0.690 bits per heavy atom. The summed E-state index contributed by atoms with van der Waals surface area (Å²) < 4.78 is 0. The Bertz CT molecular complexity index is 1100. The van der Waals surface area contributed by atoms with Crippen LogP contribution in [0.2, 0.25) is 0 Å². The average Bonchev–Trinajstić information content (AvgIpc) is 2.89. The third-order valence-electron chi connectivity index (χ3n) is 6.59. The van der Waals surface area contributed by atoms with E-state index in [-0.39, 0.29) is 7.92 Å². The van der Waals surface area contributed by atoms with Crippen LogP contribution >= 0.6 is 15.2 Å². The monoisotopic (exact) mass is 603 g/mol. The smallest absolute Gasteiger partial charge is 0.402 e. The normalized spacial score (nSPS) is 12.0. The summed E-state index contributed by atoms with van der Waals surface area (Å²) in [4.78, 5) is 0. The lowest BCUT2D eigenvalue weighted by Gasteiger charge is -2.49. The molecule has 0 aliphatic carbocycles. The summed E-state index contributed by atoms with van der Waals surface area (Å²) in [6.07, 6.45) is 0. The molecule has 0 aromatic heterocycles. The third-order valence-corrected chi connectivity index (χ3v) is 14.9. The maximum atomic E-state index is 7.17. The Morgan fingerprint density at radius 2 is 0.571 bits per heavy atom. The van der Waals surface area contributed by atoms with Crippen LogP contribution in [0.3, 0.4) is 0 Å². The highest BCUT2D eigenvalue weighted by Gasteiger charge is 2.47. The number of rotatable bonds is 4. The molecule has 6 heteroatoms. The van der Waals surface area contributed by atoms with Crippen molar-refractivity contribution in [2.24, 2.45) is 0 Å². The van der Waals surface area contributed by atoms with Crippen LogP contribution < -0.4 is 21.2 Å². The molecule has 0 heterocycles. The minimum absolute atomic E-state index is 0.0162. The zero-order valence-electron chi connectivity index (χ0n) is 26.9. The van der Waals surface area contributed by atoms with Gasteiger partial charge >= 0.3 is 7.32 Å². The van der Waals surface area contributed by atoms with Crippen molar-refractivity contribution in [2.45, 2.75) is 77.8 Å². The van der Waals surface area contributed by atoms with E-state index in [4.69, 9.17) is 15.1 Å². The van der Waals surface area contributed by atoms with Gasteiger partial charge in [0.2, 0.25) is 0 Å². The molecular formula is C36H50BO3P2+. The minimum Gasteiger partial charge on any atom is -0.402 e. The topological polar surface area (TPSA) is 60.7 Å². The molecule has 4 aromatic rings. The minimum atomic E-state index is -2.17. The van der Waals surface area contributed by atoms with Gasteiger partial charge in [0.05, 0.1) is 0 Å². The van der Waals surface area contributed by atoms with Gasteiger partial charge in [-0.25, -0.2) is 0 Å². The molecule has 4 rings (SSSR count). The second-order valence-corrected chi connectivity index (χ2v) is 21.3. The molecule has 0 atom stereocenters. The Hall–Kier alpha value is -2.32. The van der Waals surface area contributed by atoms with E-state index in [1.807, 2.05) is 0 Å². The van der Waals surface area contributed by atoms with Gasteiger partial charge in [-0.3, -0.25) is 0 Å². The van der Waals surface area contributed by atoms with E-state index in [2.05, 4.69) is 184 Å². The molecule has 0 bridgehead atoms. The van der Waals surface area contributed by atoms with Gasteiger partial charge in [-0.15, -0.1) is 0 Å². The summed E-state index contributed by atoms with van der Waals surface area (Å²) >= 11 is 0. The van der Waals surface area contributed by atoms with Crippen molar-refractivity contribution < 1.29 is 15.1 Å². The van der Waals surface area contributed by atoms with Crippen molar-refractivity contribution >= 4 is 43.7 Å². The zero-order chi connectivity index (χ0) is 31.6. The molecule has 4 aromatic carbocycles. The van der Waals surface area contributed by atoms with Gasteiger partial charge in [-0.05, 0) is 64.0 Å². The molecular weight excluding hydrogens is 553 g/mol. The lowest BCUT2D eigenvalue weighted by molar-refractivity contribution is 0.278. The van der Waals surface area contributed by atoms with Crippen molar-refractivity contribution in [3.8, 4) is 0 Å². The third kappa shape index (κ3) is 9.87. The SMILES string of the molecule is CC(C)(C)P(C(C)(C)C)C(C)(C)C.OB(O)O.c1ccc([P+](c2ccccc2)(c2ccccc2)c2ccccc2)cc1. The van der Waals surface area contributed by atoms with Gasteiger partial charge in [-0.1, -0.05) is 143 Å². The van der Waals surface area contributed by atoms with Gasteiger partial charge in [-0.2, -0.15) is 0 Å². The summed E-state index contributed by atoms with van der Waals surface area (Å²) in [5, 5.41) is 28.4. The number of benzene rings is 4. The van der Waals surface area contributed by atoms with Crippen LogP contribution in [0.5, 0.6) is 0 Å². The fourth-order valence-electron chi connectivity index (χ4n) is 6.52. The second kappa shape index (κ2) is 15.4. The molecule has 0 radical (unpaired) electrons. The van der Waals surface area contributed by atoms with Crippen molar-refractivity contribution in [3.05, 3.63) is 121 Å². The van der Waals surface area contributed by atoms with Crippen molar-refractivity contribution in [1.29, 1.82) is 0 Å². The summed E-state index contributed by atoms with van der Waals surface area (Å²) in [7, 11) is -4.06. The fourth-order valence-corrected chi connectivity index (χ4v) is 16.8. The van der Waals surface area contributed by atoms with Crippen LogP contribution in [-0.2, 0) is 0 Å². The van der Waals surface area contributed by atoms with Crippen molar-refractivity contribution in [2.75, 3.05) is 0 Å². The predicted octanol–water partition coefficient (Wildman–Crippen LogP) is 7.12. The first kappa shape index (κ1) is 35.9. The van der Waals surface area contributed by atoms with Crippen LogP contribution in [0.1, 0.15) is 62.3 Å². The van der Waals surface area contributed by atoms with Gasteiger partial charge in [0, 0.05) is 0 Å². The molecule has 0 unspecified atom stereocenters. The Labute approximate surface area is 257 Å². The van der Waals surface area contributed by atoms with Crippen LogP contribution in [0.15, 0.2) is 121 Å². The van der Waals surface area contributed by atoms with E-state index in [1.54, 1.807) is 0 Å². The van der Waals surface area contributed by atoms with Gasteiger partial charge < -0.3 is 15.1 Å². The van der Waals surface area contributed by atoms with Crippen LogP contribution in [0, 0.1) is 0 Å². The van der Waals surface area contributed by atoms with Crippen LogP contribution in [0.4, 0.5) is 0 Å². The fraction of sp³-hybridized carbons (Fsp3) is 0.333. The number of hydrogen-bond donors (Lipinski definition) is 3. The van der Waals surface area contributed by atoms with Gasteiger partial charge in [0.1, 0.15) is 28.5 Å². The highest BCUT2D eigenvalue weighted by atomic mass is 31.2. The summed E-state index contributed by atoms with van der Waals surface area (Å²) in [6, 6.07) is 43.8. The van der Waals surface area contributed by atoms with E-state index >= 15 is 0 Å². The Balaban J connectivity index is 0.000000307. The maximum absolute atomic E-state index is 7.17. The van der Waals surface area contributed by atoms with Crippen LogP contribution in [0.25, 0.3) is 0 Å². The highest BCUT2D eigenvalue weighted by Crippen LogP contribution is 2.67. The Kier molecular flexibility index (Phi) is 13.2. The molecule has 3 N–H and O–H groups in total. The molecule has 0 aliphatic rings. The van der Waals surface area contributed by atoms with Crippen LogP contribution in [-0.4, -0.2) is 37.9 Å². The summed E-state index contributed by atoms with van der Waals surface area (Å²) in [5.41, 5.74) is 0. The van der Waals surface area contributed by atoms with E-state index < -0.39 is 14.6 Å². The molecule has 0 amide bonds. The lowest BCUT2D eigenvalue weighted by atomic mass is 10.2. The molecule has 0 aliphatic heterocycles. The zero-order valence-corrected chi connectivity index (χ0v) is 28.6. The van der Waals surface area contributed by atoms with Gasteiger partial charge in [0.15, 0.2) is 0 Å². The van der Waals surface area contributed by atoms with E-state index in [1.165, 1.54) is 21.2 Å². The lowest BCUT2D eigenvalue weighted by Crippen LogP contribution is -2.38. The summed E-state index contributed by atoms with van der Waals surface area (Å²) in [5.74, 6) is 0. The summed E-state index contributed by atoms with van der Waals surface area (Å²) in [6.45, 7) is 21.5. The van der Waals surface area contributed by atoms with Gasteiger partial charge in [0.25, 0.3) is 0 Å². The number of hydrogen-bond acceptors (Lipinski definition) is 3. The standard InChI is InChI=1S/C24H20P.C12H27P.BH3O3/c1-5-13-21(14-6-1)25(22-15-7-2-8-16-22,23-17-9-3-10-18-23)24-19-11-4-12-20-24;1-10(2,3)13(11(4,5)6)12(7,8)9;2-1(3)4/h1-20H;1-9H3;2-4H/q+1;;. The first-order chi connectivity index (χ1) is 19.5. The molecule has 0 fully saturated rings. The van der Waals surface area contributed by atoms with E-state index in [0.29, 0.717) is 15.5 Å². The van der Waals surface area contributed by atoms with E-state index in [9.17, 15) is 0 Å². The predicted molar refractivity (Wildman–Crippen MR) is 190 cm³/mol. The first-order valence-corrected chi connectivity index (χ1v) is 17.6. The quantitative estimate of drug-likeness (QED) is 0.172. The average molecular weight is 604 g/mol. The maximum Gasteiger partial charge on any atom is 0.631 e. The Morgan fingerprint density at radius 1 is 0.405 bits per heavy atom. The van der Waals surface area contributed by atoms with Crippen molar-refractivity contribution in [3.63, 3.8) is 0 Å². The largest absolute Gasteiger partial charge is 0.631 e. The second-order valence-electron chi connectivity index (χ2n) is 13.2. The molecule has 3 nitrogen and oxygen atoms in total.